The predicted molar refractivity (Wildman–Crippen MR) is 73.1 cm³/mol. The summed E-state index contributed by atoms with van der Waals surface area (Å²) in [4.78, 5) is 0.427. The first-order valence-corrected chi connectivity index (χ1v) is 8.22. The second-order valence-electron chi connectivity index (χ2n) is 6.12. The van der Waals surface area contributed by atoms with Gasteiger partial charge in [0.25, 0.3) is 0 Å². The Morgan fingerprint density at radius 2 is 2.00 bits per heavy atom. The van der Waals surface area contributed by atoms with Crippen LogP contribution in [0.5, 0.6) is 0 Å². The molecule has 1 aromatic carbocycles. The van der Waals surface area contributed by atoms with E-state index in [1.165, 1.54) is 0 Å². The average molecular weight is 275 g/mol. The SMILES string of the molecule is Cc1ccc(S(=O)(=O)N2C[C@H]3C[C@@H]4C=CC34C2)cc1. The van der Waals surface area contributed by atoms with Crippen LogP contribution in [0.4, 0.5) is 0 Å². The highest BCUT2D eigenvalue weighted by atomic mass is 32.2. The smallest absolute Gasteiger partial charge is 0.207 e. The number of hydrogen-bond acceptors (Lipinski definition) is 2. The maximum absolute atomic E-state index is 12.6. The molecule has 0 aromatic heterocycles. The van der Waals surface area contributed by atoms with E-state index in [4.69, 9.17) is 0 Å². The summed E-state index contributed by atoms with van der Waals surface area (Å²) in [5, 5.41) is 0. The quantitative estimate of drug-likeness (QED) is 0.776. The van der Waals surface area contributed by atoms with E-state index in [0.29, 0.717) is 29.8 Å². The topological polar surface area (TPSA) is 37.4 Å². The van der Waals surface area contributed by atoms with Crippen LogP contribution in [0.25, 0.3) is 0 Å². The molecule has 1 unspecified atom stereocenters. The summed E-state index contributed by atoms with van der Waals surface area (Å²) in [7, 11) is -3.31. The molecule has 1 saturated carbocycles. The van der Waals surface area contributed by atoms with Gasteiger partial charge in [-0.05, 0) is 37.3 Å². The molecule has 2 fully saturated rings. The van der Waals surface area contributed by atoms with Gasteiger partial charge in [-0.3, -0.25) is 0 Å². The average Bonchev–Trinajstić information content (AvgIpc) is 2.75. The zero-order valence-electron chi connectivity index (χ0n) is 10.9. The van der Waals surface area contributed by atoms with E-state index in [1.807, 2.05) is 19.1 Å². The number of nitrogens with zero attached hydrogens (tertiary/aromatic N) is 1. The van der Waals surface area contributed by atoms with Gasteiger partial charge in [-0.25, -0.2) is 8.42 Å². The highest BCUT2D eigenvalue weighted by Gasteiger charge is 2.62. The predicted octanol–water partition coefficient (Wildman–Crippen LogP) is 2.19. The number of sulfonamides is 1. The summed E-state index contributed by atoms with van der Waals surface area (Å²) in [6.07, 6.45) is 5.63. The number of benzene rings is 1. The highest BCUT2D eigenvalue weighted by molar-refractivity contribution is 7.89. The Hall–Kier alpha value is -1.13. The maximum atomic E-state index is 12.6. The third-order valence-corrected chi connectivity index (χ3v) is 6.99. The van der Waals surface area contributed by atoms with Crippen LogP contribution in [-0.4, -0.2) is 25.8 Å². The minimum atomic E-state index is -3.31. The molecule has 4 rings (SSSR count). The fourth-order valence-electron chi connectivity index (χ4n) is 3.78. The molecule has 0 radical (unpaired) electrons. The zero-order valence-corrected chi connectivity index (χ0v) is 11.7. The molecule has 0 amide bonds. The lowest BCUT2D eigenvalue weighted by molar-refractivity contribution is 0.0460. The van der Waals surface area contributed by atoms with Crippen LogP contribution in [0.15, 0.2) is 41.3 Å². The Kier molecular flexibility index (Phi) is 2.15. The molecule has 2 aliphatic carbocycles. The Morgan fingerprint density at radius 3 is 2.53 bits per heavy atom. The summed E-state index contributed by atoms with van der Waals surface area (Å²) >= 11 is 0. The number of hydrogen-bond donors (Lipinski definition) is 0. The first-order chi connectivity index (χ1) is 9.02. The summed E-state index contributed by atoms with van der Waals surface area (Å²) in [5.74, 6) is 1.18. The maximum Gasteiger partial charge on any atom is 0.243 e. The van der Waals surface area contributed by atoms with Gasteiger partial charge in [0.1, 0.15) is 0 Å². The van der Waals surface area contributed by atoms with E-state index >= 15 is 0 Å². The van der Waals surface area contributed by atoms with E-state index in [-0.39, 0.29) is 5.41 Å². The summed E-state index contributed by atoms with van der Waals surface area (Å²) < 4.78 is 27.0. The second-order valence-corrected chi connectivity index (χ2v) is 8.06. The van der Waals surface area contributed by atoms with Crippen LogP contribution in [0.2, 0.25) is 0 Å². The van der Waals surface area contributed by atoms with Gasteiger partial charge < -0.3 is 0 Å². The Balaban J connectivity index is 1.66. The molecule has 1 aromatic rings. The summed E-state index contributed by atoms with van der Waals surface area (Å²) in [6, 6.07) is 7.16. The van der Waals surface area contributed by atoms with Crippen molar-refractivity contribution in [1.82, 2.24) is 4.31 Å². The molecule has 3 nitrogen and oxygen atoms in total. The molecular weight excluding hydrogens is 258 g/mol. The lowest BCUT2D eigenvalue weighted by Crippen LogP contribution is -2.51. The molecule has 4 heteroatoms. The van der Waals surface area contributed by atoms with Crippen molar-refractivity contribution in [2.24, 2.45) is 17.3 Å². The third-order valence-electron chi connectivity index (χ3n) is 5.16. The Bertz CT molecular complexity index is 662. The number of rotatable bonds is 2. The molecule has 1 aliphatic heterocycles. The first-order valence-electron chi connectivity index (χ1n) is 6.78. The number of aryl methyl sites for hydroxylation is 1. The van der Waals surface area contributed by atoms with Crippen molar-refractivity contribution in [3.05, 3.63) is 42.0 Å². The van der Waals surface area contributed by atoms with Gasteiger partial charge in [0.05, 0.1) is 4.90 Å². The fourth-order valence-corrected chi connectivity index (χ4v) is 5.33. The van der Waals surface area contributed by atoms with Gasteiger partial charge in [-0.1, -0.05) is 29.8 Å². The van der Waals surface area contributed by atoms with Crippen LogP contribution in [-0.2, 0) is 10.0 Å². The van der Waals surface area contributed by atoms with E-state index in [0.717, 1.165) is 12.0 Å². The van der Waals surface area contributed by atoms with Gasteiger partial charge in [0.15, 0.2) is 0 Å². The monoisotopic (exact) mass is 275 g/mol. The van der Waals surface area contributed by atoms with Crippen molar-refractivity contribution >= 4 is 10.0 Å². The Labute approximate surface area is 114 Å². The normalized spacial score (nSPS) is 36.3. The fraction of sp³-hybridized carbons (Fsp3) is 0.467. The van der Waals surface area contributed by atoms with Gasteiger partial charge in [0.2, 0.25) is 10.0 Å². The van der Waals surface area contributed by atoms with Crippen molar-refractivity contribution in [3.8, 4) is 0 Å². The lowest BCUT2D eigenvalue weighted by atomic mass is 9.48. The molecule has 0 N–H and O–H groups in total. The van der Waals surface area contributed by atoms with Crippen LogP contribution in [0, 0.1) is 24.2 Å². The second kappa shape index (κ2) is 3.49. The molecule has 0 bridgehead atoms. The highest BCUT2D eigenvalue weighted by Crippen LogP contribution is 2.63. The van der Waals surface area contributed by atoms with Crippen LogP contribution >= 0.6 is 0 Å². The van der Waals surface area contributed by atoms with E-state index < -0.39 is 10.0 Å². The lowest BCUT2D eigenvalue weighted by Gasteiger charge is -2.55. The standard InChI is InChI=1S/C15H17NO2S/c1-11-2-4-14(5-3-11)19(17,18)16-9-13-8-12-6-7-15(12,13)10-16/h2-7,12-13H,8-10H2,1H3/t12-,13+,15?/m0/s1. The summed E-state index contributed by atoms with van der Waals surface area (Å²) in [6.45, 7) is 3.33. The van der Waals surface area contributed by atoms with E-state index in [2.05, 4.69) is 12.2 Å². The van der Waals surface area contributed by atoms with Crippen molar-refractivity contribution in [3.63, 3.8) is 0 Å². The zero-order chi connectivity index (χ0) is 13.3. The minimum absolute atomic E-state index is 0.192. The molecular formula is C15H17NO2S. The molecule has 1 spiro atoms. The van der Waals surface area contributed by atoms with Crippen LogP contribution in [0.1, 0.15) is 12.0 Å². The summed E-state index contributed by atoms with van der Waals surface area (Å²) in [5.41, 5.74) is 1.28. The molecule has 100 valence electrons. The minimum Gasteiger partial charge on any atom is -0.207 e. The van der Waals surface area contributed by atoms with Crippen LogP contribution in [0.3, 0.4) is 0 Å². The van der Waals surface area contributed by atoms with Crippen molar-refractivity contribution in [2.45, 2.75) is 18.2 Å². The van der Waals surface area contributed by atoms with Crippen molar-refractivity contribution in [1.29, 1.82) is 0 Å². The largest absolute Gasteiger partial charge is 0.243 e. The number of allylic oxidation sites excluding steroid dienone is 1. The molecule has 1 saturated heterocycles. The molecule has 19 heavy (non-hydrogen) atoms. The van der Waals surface area contributed by atoms with Gasteiger partial charge >= 0.3 is 0 Å². The van der Waals surface area contributed by atoms with Crippen LogP contribution < -0.4 is 0 Å². The van der Waals surface area contributed by atoms with Gasteiger partial charge in [-0.15, -0.1) is 0 Å². The van der Waals surface area contributed by atoms with Gasteiger partial charge in [-0.2, -0.15) is 4.31 Å². The third kappa shape index (κ3) is 1.39. The molecule has 3 aliphatic rings. The van der Waals surface area contributed by atoms with E-state index in [9.17, 15) is 8.42 Å². The van der Waals surface area contributed by atoms with E-state index in [1.54, 1.807) is 16.4 Å². The van der Waals surface area contributed by atoms with Gasteiger partial charge in [0, 0.05) is 18.5 Å². The van der Waals surface area contributed by atoms with Crippen molar-refractivity contribution < 1.29 is 8.42 Å². The Morgan fingerprint density at radius 1 is 1.26 bits per heavy atom. The first kappa shape index (κ1) is 11.7. The van der Waals surface area contributed by atoms with Crippen molar-refractivity contribution in [2.75, 3.05) is 13.1 Å². The molecule has 3 atom stereocenters. The molecule has 1 heterocycles.